The Bertz CT molecular complexity index is 751. The number of nitrogens with zero attached hydrogens (tertiary/aromatic N) is 1. The van der Waals surface area contributed by atoms with Crippen LogP contribution in [0.1, 0.15) is 22.8 Å². The van der Waals surface area contributed by atoms with E-state index in [0.29, 0.717) is 34.6 Å². The number of benzene rings is 2. The molecule has 6 heteroatoms. The Morgan fingerprint density at radius 1 is 1.22 bits per heavy atom. The van der Waals surface area contributed by atoms with E-state index in [1.165, 1.54) is 18.2 Å². The second kappa shape index (κ2) is 6.58. The predicted molar refractivity (Wildman–Crippen MR) is 87.1 cm³/mol. The van der Waals surface area contributed by atoms with Gasteiger partial charge < -0.3 is 14.4 Å². The maximum atomic E-state index is 13.2. The molecule has 0 saturated carbocycles. The van der Waals surface area contributed by atoms with Crippen LogP contribution in [-0.4, -0.2) is 24.1 Å². The Labute approximate surface area is 141 Å². The van der Waals surface area contributed by atoms with Gasteiger partial charge >= 0.3 is 0 Å². The maximum Gasteiger partial charge on any atom is 0.255 e. The lowest BCUT2D eigenvalue weighted by molar-refractivity contribution is 0.0751. The summed E-state index contributed by atoms with van der Waals surface area (Å²) >= 11 is 3.25. The second-order valence-corrected chi connectivity index (χ2v) is 5.99. The van der Waals surface area contributed by atoms with Crippen LogP contribution in [-0.2, 0) is 6.54 Å². The maximum absolute atomic E-state index is 13.2. The average Bonchev–Trinajstić information content (AvgIpc) is 2.99. The van der Waals surface area contributed by atoms with E-state index in [1.54, 1.807) is 4.90 Å². The first-order valence-electron chi connectivity index (χ1n) is 7.21. The Balaban J connectivity index is 1.80. The van der Waals surface area contributed by atoms with Gasteiger partial charge in [-0.1, -0.05) is 6.07 Å². The molecule has 1 aliphatic heterocycles. The third-order valence-electron chi connectivity index (χ3n) is 3.64. The highest BCUT2D eigenvalue weighted by Gasteiger charge is 2.19. The molecule has 1 aliphatic rings. The summed E-state index contributed by atoms with van der Waals surface area (Å²) in [7, 11) is 0. The van der Waals surface area contributed by atoms with E-state index in [1.807, 2.05) is 25.1 Å². The molecular weight excluding hydrogens is 365 g/mol. The molecule has 3 rings (SSSR count). The monoisotopic (exact) mass is 379 g/mol. The van der Waals surface area contributed by atoms with Crippen LogP contribution in [0, 0.1) is 5.82 Å². The topological polar surface area (TPSA) is 38.8 Å². The van der Waals surface area contributed by atoms with Crippen molar-refractivity contribution in [1.29, 1.82) is 0 Å². The molecule has 2 aromatic rings. The van der Waals surface area contributed by atoms with Gasteiger partial charge in [-0.15, -0.1) is 0 Å². The SMILES string of the molecule is CCN(Cc1ccc2c(c1)OCO2)C(=O)c1ccc(F)cc1Br. The smallest absolute Gasteiger partial charge is 0.255 e. The van der Waals surface area contributed by atoms with Crippen molar-refractivity contribution in [2.75, 3.05) is 13.3 Å². The molecule has 23 heavy (non-hydrogen) atoms. The molecule has 120 valence electrons. The summed E-state index contributed by atoms with van der Waals surface area (Å²) in [4.78, 5) is 14.4. The van der Waals surface area contributed by atoms with Crippen LogP contribution in [0.15, 0.2) is 40.9 Å². The van der Waals surface area contributed by atoms with Crippen LogP contribution < -0.4 is 9.47 Å². The van der Waals surface area contributed by atoms with E-state index < -0.39 is 0 Å². The minimum Gasteiger partial charge on any atom is -0.454 e. The molecule has 0 bridgehead atoms. The molecule has 0 aliphatic carbocycles. The van der Waals surface area contributed by atoms with Gasteiger partial charge in [0.05, 0.1) is 5.56 Å². The van der Waals surface area contributed by atoms with E-state index in [2.05, 4.69) is 15.9 Å². The van der Waals surface area contributed by atoms with Crippen molar-refractivity contribution < 1.29 is 18.7 Å². The number of rotatable bonds is 4. The van der Waals surface area contributed by atoms with Crippen molar-refractivity contribution in [3.63, 3.8) is 0 Å². The lowest BCUT2D eigenvalue weighted by Crippen LogP contribution is -2.30. The van der Waals surface area contributed by atoms with Crippen molar-refractivity contribution in [3.8, 4) is 11.5 Å². The average molecular weight is 380 g/mol. The Hall–Kier alpha value is -2.08. The van der Waals surface area contributed by atoms with E-state index in [0.717, 1.165) is 5.56 Å². The van der Waals surface area contributed by atoms with Crippen LogP contribution >= 0.6 is 15.9 Å². The summed E-state index contributed by atoms with van der Waals surface area (Å²) in [5, 5.41) is 0. The zero-order valence-corrected chi connectivity index (χ0v) is 14.1. The molecule has 0 spiro atoms. The first kappa shape index (κ1) is 15.8. The van der Waals surface area contributed by atoms with E-state index in [9.17, 15) is 9.18 Å². The molecule has 2 aromatic carbocycles. The van der Waals surface area contributed by atoms with Gasteiger partial charge in [-0.25, -0.2) is 4.39 Å². The van der Waals surface area contributed by atoms with Crippen LogP contribution in [0.2, 0.25) is 0 Å². The van der Waals surface area contributed by atoms with E-state index >= 15 is 0 Å². The van der Waals surface area contributed by atoms with Crippen LogP contribution in [0.5, 0.6) is 11.5 Å². The lowest BCUT2D eigenvalue weighted by Gasteiger charge is -2.22. The zero-order chi connectivity index (χ0) is 16.4. The van der Waals surface area contributed by atoms with Gasteiger partial charge in [0.25, 0.3) is 5.91 Å². The van der Waals surface area contributed by atoms with Gasteiger partial charge in [0.2, 0.25) is 6.79 Å². The number of ether oxygens (including phenoxy) is 2. The van der Waals surface area contributed by atoms with E-state index in [-0.39, 0.29) is 18.5 Å². The first-order chi connectivity index (χ1) is 11.1. The zero-order valence-electron chi connectivity index (χ0n) is 12.5. The first-order valence-corrected chi connectivity index (χ1v) is 8.00. The third kappa shape index (κ3) is 3.32. The summed E-state index contributed by atoms with van der Waals surface area (Å²) in [5.41, 5.74) is 1.39. The van der Waals surface area contributed by atoms with Crippen LogP contribution in [0.4, 0.5) is 4.39 Å². The minimum atomic E-state index is -0.382. The number of amides is 1. The predicted octanol–water partition coefficient (Wildman–Crippen LogP) is 3.98. The van der Waals surface area contributed by atoms with Crippen LogP contribution in [0.3, 0.4) is 0 Å². The Kier molecular flexibility index (Phi) is 4.52. The fourth-order valence-corrected chi connectivity index (χ4v) is 2.94. The highest BCUT2D eigenvalue weighted by Crippen LogP contribution is 2.33. The largest absolute Gasteiger partial charge is 0.454 e. The molecular formula is C17H15BrFNO3. The second-order valence-electron chi connectivity index (χ2n) is 5.13. The molecule has 0 atom stereocenters. The molecule has 0 fully saturated rings. The van der Waals surface area contributed by atoms with E-state index in [4.69, 9.17) is 9.47 Å². The summed E-state index contributed by atoms with van der Waals surface area (Å²) in [6.07, 6.45) is 0. The normalized spacial score (nSPS) is 12.3. The number of hydrogen-bond acceptors (Lipinski definition) is 3. The van der Waals surface area contributed by atoms with Crippen molar-refractivity contribution in [1.82, 2.24) is 4.90 Å². The van der Waals surface area contributed by atoms with Gasteiger partial charge in [0.15, 0.2) is 11.5 Å². The van der Waals surface area contributed by atoms with Gasteiger partial charge in [-0.3, -0.25) is 4.79 Å². The highest BCUT2D eigenvalue weighted by molar-refractivity contribution is 9.10. The summed E-state index contributed by atoms with van der Waals surface area (Å²) in [5.74, 6) is 0.864. The van der Waals surface area contributed by atoms with Crippen molar-refractivity contribution in [2.24, 2.45) is 0 Å². The summed E-state index contributed by atoms with van der Waals surface area (Å²) in [6, 6.07) is 9.68. The quantitative estimate of drug-likeness (QED) is 0.806. The van der Waals surface area contributed by atoms with Gasteiger partial charge in [0.1, 0.15) is 5.82 Å². The number of hydrogen-bond donors (Lipinski definition) is 0. The number of carbonyl (C=O) groups excluding carboxylic acids is 1. The fourth-order valence-electron chi connectivity index (χ4n) is 2.42. The molecule has 1 heterocycles. The number of halogens is 2. The van der Waals surface area contributed by atoms with Crippen molar-refractivity contribution >= 4 is 21.8 Å². The lowest BCUT2D eigenvalue weighted by atomic mass is 10.1. The highest BCUT2D eigenvalue weighted by atomic mass is 79.9. The summed E-state index contributed by atoms with van der Waals surface area (Å²) in [6.45, 7) is 3.10. The van der Waals surface area contributed by atoms with Crippen molar-refractivity contribution in [2.45, 2.75) is 13.5 Å². The molecule has 0 N–H and O–H groups in total. The Morgan fingerprint density at radius 3 is 2.74 bits per heavy atom. The van der Waals surface area contributed by atoms with Gasteiger partial charge in [0, 0.05) is 17.6 Å². The molecule has 0 saturated heterocycles. The molecule has 0 unspecified atom stereocenters. The van der Waals surface area contributed by atoms with Gasteiger partial charge in [-0.2, -0.15) is 0 Å². The Morgan fingerprint density at radius 2 is 2.00 bits per heavy atom. The minimum absolute atomic E-state index is 0.156. The standard InChI is InChI=1S/C17H15BrFNO3/c1-2-20(17(21)13-5-4-12(19)8-14(13)18)9-11-3-6-15-16(7-11)23-10-22-15/h3-8H,2,9-10H2,1H3. The molecule has 0 radical (unpaired) electrons. The molecule has 4 nitrogen and oxygen atoms in total. The third-order valence-corrected chi connectivity index (χ3v) is 4.30. The number of fused-ring (bicyclic) bond motifs is 1. The summed E-state index contributed by atoms with van der Waals surface area (Å²) < 4.78 is 24.3. The number of carbonyl (C=O) groups is 1. The van der Waals surface area contributed by atoms with Crippen LogP contribution in [0.25, 0.3) is 0 Å². The fraction of sp³-hybridized carbons (Fsp3) is 0.235. The van der Waals surface area contributed by atoms with Crippen molar-refractivity contribution in [3.05, 3.63) is 57.8 Å². The molecule has 1 amide bonds. The van der Waals surface area contributed by atoms with Gasteiger partial charge in [-0.05, 0) is 58.7 Å². The molecule has 0 aromatic heterocycles.